The van der Waals surface area contributed by atoms with E-state index in [1.54, 1.807) is 0 Å². The van der Waals surface area contributed by atoms with Gasteiger partial charge in [0.15, 0.2) is 0 Å². The standard InChI is InChI=1S/C12H19F2NO/c13-12(14)10-4-2-1-3-5-11(10,12)15-6-8-16-9-7-15/h10H,1-9H2. The van der Waals surface area contributed by atoms with Gasteiger partial charge in [0.1, 0.15) is 0 Å². The van der Waals surface area contributed by atoms with Gasteiger partial charge < -0.3 is 4.74 Å². The number of rotatable bonds is 1. The Balaban J connectivity index is 1.83. The summed E-state index contributed by atoms with van der Waals surface area (Å²) in [5, 5.41) is 0. The van der Waals surface area contributed by atoms with Crippen LogP contribution < -0.4 is 0 Å². The zero-order valence-electron chi connectivity index (χ0n) is 9.55. The highest BCUT2D eigenvalue weighted by molar-refractivity contribution is 5.26. The maximum atomic E-state index is 14.0. The zero-order valence-corrected chi connectivity index (χ0v) is 9.55. The second kappa shape index (κ2) is 3.64. The van der Waals surface area contributed by atoms with Crippen molar-refractivity contribution >= 4 is 0 Å². The molecular weight excluding hydrogens is 212 g/mol. The first-order chi connectivity index (χ1) is 7.69. The molecule has 92 valence electrons. The molecule has 3 rings (SSSR count). The third-order valence-corrected chi connectivity index (χ3v) is 4.63. The summed E-state index contributed by atoms with van der Waals surface area (Å²) >= 11 is 0. The van der Waals surface area contributed by atoms with Gasteiger partial charge in [-0.15, -0.1) is 0 Å². The Labute approximate surface area is 94.9 Å². The quantitative estimate of drug-likeness (QED) is 0.686. The minimum absolute atomic E-state index is 0.374. The minimum Gasteiger partial charge on any atom is -0.379 e. The molecule has 2 aliphatic carbocycles. The number of morpholine rings is 1. The van der Waals surface area contributed by atoms with E-state index in [0.29, 0.717) is 39.1 Å². The van der Waals surface area contributed by atoms with Crippen LogP contribution in [0.4, 0.5) is 8.78 Å². The van der Waals surface area contributed by atoms with Crippen molar-refractivity contribution in [3.8, 4) is 0 Å². The maximum absolute atomic E-state index is 14.0. The van der Waals surface area contributed by atoms with Crippen LogP contribution in [0.1, 0.15) is 32.1 Å². The van der Waals surface area contributed by atoms with Crippen LogP contribution in [0.5, 0.6) is 0 Å². The molecule has 3 aliphatic rings. The van der Waals surface area contributed by atoms with Crippen LogP contribution >= 0.6 is 0 Å². The third-order valence-electron chi connectivity index (χ3n) is 4.63. The molecule has 0 N–H and O–H groups in total. The van der Waals surface area contributed by atoms with Gasteiger partial charge in [-0.1, -0.05) is 19.3 Å². The van der Waals surface area contributed by atoms with Gasteiger partial charge in [0, 0.05) is 19.0 Å². The minimum atomic E-state index is -2.44. The molecule has 2 nitrogen and oxygen atoms in total. The van der Waals surface area contributed by atoms with Crippen LogP contribution in [0, 0.1) is 5.92 Å². The zero-order chi connectivity index (χ0) is 11.2. The lowest BCUT2D eigenvalue weighted by atomic mass is 10.0. The fourth-order valence-corrected chi connectivity index (χ4v) is 3.75. The molecule has 16 heavy (non-hydrogen) atoms. The van der Waals surface area contributed by atoms with Gasteiger partial charge in [0.2, 0.25) is 0 Å². The third kappa shape index (κ3) is 1.29. The highest BCUT2D eigenvalue weighted by Gasteiger charge is 2.81. The summed E-state index contributed by atoms with van der Waals surface area (Å²) in [5.74, 6) is -2.81. The second-order valence-corrected chi connectivity index (χ2v) is 5.30. The lowest BCUT2D eigenvalue weighted by Crippen LogP contribution is -2.48. The van der Waals surface area contributed by atoms with Gasteiger partial charge in [-0.05, 0) is 12.8 Å². The molecule has 0 bridgehead atoms. The van der Waals surface area contributed by atoms with Crippen molar-refractivity contribution in [1.82, 2.24) is 4.90 Å². The van der Waals surface area contributed by atoms with Gasteiger partial charge in [0.25, 0.3) is 5.92 Å². The summed E-state index contributed by atoms with van der Waals surface area (Å²) in [6.07, 6.45) is 4.46. The Kier molecular flexibility index (Phi) is 2.48. The molecule has 0 aromatic heterocycles. The molecule has 3 fully saturated rings. The predicted octanol–water partition coefficient (Wildman–Crippen LogP) is 2.29. The van der Waals surface area contributed by atoms with Crippen LogP contribution in [0.2, 0.25) is 0 Å². The Morgan fingerprint density at radius 2 is 1.81 bits per heavy atom. The van der Waals surface area contributed by atoms with Crippen LogP contribution in [0.3, 0.4) is 0 Å². The summed E-state index contributed by atoms with van der Waals surface area (Å²) in [6.45, 7) is 2.60. The number of alkyl halides is 2. The first-order valence-corrected chi connectivity index (χ1v) is 6.40. The predicted molar refractivity (Wildman–Crippen MR) is 56.6 cm³/mol. The van der Waals surface area contributed by atoms with Crippen molar-refractivity contribution in [2.24, 2.45) is 5.92 Å². The summed E-state index contributed by atoms with van der Waals surface area (Å²) in [7, 11) is 0. The van der Waals surface area contributed by atoms with Gasteiger partial charge >= 0.3 is 0 Å². The lowest BCUT2D eigenvalue weighted by molar-refractivity contribution is -0.0366. The highest BCUT2D eigenvalue weighted by atomic mass is 19.3. The van der Waals surface area contributed by atoms with Crippen LogP contribution in [0.15, 0.2) is 0 Å². The highest BCUT2D eigenvalue weighted by Crippen LogP contribution is 2.67. The van der Waals surface area contributed by atoms with Gasteiger partial charge in [-0.2, -0.15) is 0 Å². The molecule has 4 heteroatoms. The summed E-state index contributed by atoms with van der Waals surface area (Å²) in [5.41, 5.74) is -0.784. The molecule has 1 saturated heterocycles. The monoisotopic (exact) mass is 231 g/mol. The average Bonchev–Trinajstić information content (AvgIpc) is 2.87. The summed E-state index contributed by atoms with van der Waals surface area (Å²) in [4.78, 5) is 2.02. The lowest BCUT2D eigenvalue weighted by Gasteiger charge is -2.35. The molecule has 0 aromatic rings. The van der Waals surface area contributed by atoms with Crippen LogP contribution in [0.25, 0.3) is 0 Å². The van der Waals surface area contributed by atoms with Crippen molar-refractivity contribution in [2.45, 2.75) is 43.6 Å². The van der Waals surface area contributed by atoms with Gasteiger partial charge in [-0.3, -0.25) is 4.90 Å². The number of halogens is 2. The van der Waals surface area contributed by atoms with E-state index in [1.165, 1.54) is 0 Å². The molecule has 2 unspecified atom stereocenters. The second-order valence-electron chi connectivity index (χ2n) is 5.30. The SMILES string of the molecule is FC1(F)C2CCCCCC21N1CCOCC1. The van der Waals surface area contributed by atoms with Crippen molar-refractivity contribution in [3.05, 3.63) is 0 Å². The van der Waals surface area contributed by atoms with Crippen molar-refractivity contribution in [2.75, 3.05) is 26.3 Å². The normalized spacial score (nSPS) is 43.5. The van der Waals surface area contributed by atoms with E-state index in [9.17, 15) is 8.78 Å². The number of nitrogens with zero attached hydrogens (tertiary/aromatic N) is 1. The number of ether oxygens (including phenoxy) is 1. The first-order valence-electron chi connectivity index (χ1n) is 6.40. The van der Waals surface area contributed by atoms with E-state index < -0.39 is 11.5 Å². The van der Waals surface area contributed by atoms with Crippen LogP contribution in [-0.2, 0) is 4.74 Å². The summed E-state index contributed by atoms with van der Waals surface area (Å²) in [6, 6.07) is 0. The number of hydrogen-bond acceptors (Lipinski definition) is 2. The molecule has 2 saturated carbocycles. The first kappa shape index (κ1) is 10.9. The molecule has 2 atom stereocenters. The largest absolute Gasteiger partial charge is 0.379 e. The van der Waals surface area contributed by atoms with E-state index in [0.717, 1.165) is 19.3 Å². The Hall–Kier alpha value is -0.220. The Bertz CT molecular complexity index is 278. The van der Waals surface area contributed by atoms with E-state index in [1.807, 2.05) is 4.90 Å². The molecule has 0 aromatic carbocycles. The summed E-state index contributed by atoms with van der Waals surface area (Å²) < 4.78 is 33.3. The molecule has 0 radical (unpaired) electrons. The number of fused-ring (bicyclic) bond motifs is 1. The number of hydrogen-bond donors (Lipinski definition) is 0. The fraction of sp³-hybridized carbons (Fsp3) is 1.00. The molecule has 0 spiro atoms. The smallest absolute Gasteiger partial charge is 0.271 e. The maximum Gasteiger partial charge on any atom is 0.271 e. The molecule has 0 amide bonds. The van der Waals surface area contributed by atoms with E-state index >= 15 is 0 Å². The molecule has 1 heterocycles. The van der Waals surface area contributed by atoms with Crippen molar-refractivity contribution in [3.63, 3.8) is 0 Å². The van der Waals surface area contributed by atoms with Crippen molar-refractivity contribution < 1.29 is 13.5 Å². The Morgan fingerprint density at radius 1 is 1.06 bits per heavy atom. The van der Waals surface area contributed by atoms with E-state index in [2.05, 4.69) is 0 Å². The van der Waals surface area contributed by atoms with E-state index in [4.69, 9.17) is 4.74 Å². The van der Waals surface area contributed by atoms with Crippen LogP contribution in [-0.4, -0.2) is 42.7 Å². The topological polar surface area (TPSA) is 12.5 Å². The Morgan fingerprint density at radius 3 is 2.56 bits per heavy atom. The van der Waals surface area contributed by atoms with Gasteiger partial charge in [0.05, 0.1) is 18.8 Å². The van der Waals surface area contributed by atoms with Gasteiger partial charge in [-0.25, -0.2) is 8.78 Å². The van der Waals surface area contributed by atoms with Crippen molar-refractivity contribution in [1.29, 1.82) is 0 Å². The molecular formula is C12H19F2NO. The van der Waals surface area contributed by atoms with E-state index in [-0.39, 0.29) is 5.92 Å². The molecule has 1 aliphatic heterocycles. The fourth-order valence-electron chi connectivity index (χ4n) is 3.75. The average molecular weight is 231 g/mol.